The van der Waals surface area contributed by atoms with Gasteiger partial charge in [0, 0.05) is 0 Å². The maximum absolute atomic E-state index is 12.5. The molecule has 9 heteroatoms. The zero-order valence-corrected chi connectivity index (χ0v) is 11.6. The summed E-state index contributed by atoms with van der Waals surface area (Å²) in [5, 5.41) is 19.6. The summed E-state index contributed by atoms with van der Waals surface area (Å²) in [4.78, 5) is 11.6. The highest BCUT2D eigenvalue weighted by molar-refractivity contribution is 5.74. The Morgan fingerprint density at radius 3 is 2.57 bits per heavy atom. The fraction of sp³-hybridized carbons (Fsp3) is 0.833. The molecule has 0 aliphatic heterocycles. The van der Waals surface area contributed by atoms with Crippen LogP contribution in [0.15, 0.2) is 0 Å². The lowest BCUT2D eigenvalue weighted by Gasteiger charge is -2.35. The van der Waals surface area contributed by atoms with Crippen LogP contribution in [-0.2, 0) is 17.8 Å². The molecule has 0 unspecified atom stereocenters. The van der Waals surface area contributed by atoms with E-state index in [0.717, 1.165) is 17.5 Å². The molecule has 1 saturated carbocycles. The molecule has 1 aromatic rings. The van der Waals surface area contributed by atoms with Crippen molar-refractivity contribution in [1.82, 2.24) is 20.2 Å². The molecule has 0 spiro atoms. The first-order valence-electron chi connectivity index (χ1n) is 6.77. The van der Waals surface area contributed by atoms with Crippen LogP contribution in [0.2, 0.25) is 0 Å². The van der Waals surface area contributed by atoms with Gasteiger partial charge in [-0.3, -0.25) is 4.79 Å². The minimum atomic E-state index is -4.43. The van der Waals surface area contributed by atoms with Crippen LogP contribution in [0.4, 0.5) is 13.2 Å². The Labute approximate surface area is 119 Å². The average molecular weight is 306 g/mol. The second kappa shape index (κ2) is 5.61. The molecule has 1 N–H and O–H groups in total. The largest absolute Gasteiger partial charge is 0.481 e. The summed E-state index contributed by atoms with van der Waals surface area (Å²) in [5.74, 6) is -0.911. The van der Waals surface area contributed by atoms with Gasteiger partial charge in [0.05, 0.1) is 12.0 Å². The van der Waals surface area contributed by atoms with Gasteiger partial charge in [0.25, 0.3) is 0 Å². The third kappa shape index (κ3) is 3.70. The van der Waals surface area contributed by atoms with Crippen molar-refractivity contribution in [2.24, 2.45) is 11.3 Å². The maximum Gasteiger partial charge on any atom is 0.396 e. The van der Waals surface area contributed by atoms with E-state index in [1.54, 1.807) is 0 Å². The topological polar surface area (TPSA) is 80.9 Å². The highest BCUT2D eigenvalue weighted by Crippen LogP contribution is 2.40. The summed E-state index contributed by atoms with van der Waals surface area (Å²) in [5.41, 5.74) is -1.08. The van der Waals surface area contributed by atoms with Crippen molar-refractivity contribution < 1.29 is 23.1 Å². The van der Waals surface area contributed by atoms with Crippen molar-refractivity contribution in [2.75, 3.05) is 0 Å². The highest BCUT2D eigenvalue weighted by Gasteiger charge is 2.43. The summed E-state index contributed by atoms with van der Waals surface area (Å²) in [7, 11) is 0. The van der Waals surface area contributed by atoms with Crippen molar-refractivity contribution in [2.45, 2.75) is 51.7 Å². The molecule has 118 valence electrons. The van der Waals surface area contributed by atoms with Crippen molar-refractivity contribution in [3.63, 3.8) is 0 Å². The third-order valence-corrected chi connectivity index (χ3v) is 4.10. The zero-order valence-electron chi connectivity index (χ0n) is 11.6. The number of nitrogens with zero attached hydrogens (tertiary/aromatic N) is 4. The smallest absolute Gasteiger partial charge is 0.396 e. The summed E-state index contributed by atoms with van der Waals surface area (Å²) >= 11 is 0. The fourth-order valence-electron chi connectivity index (χ4n) is 2.69. The number of carboxylic acids is 1. The lowest BCUT2D eigenvalue weighted by molar-refractivity contribution is -0.153. The molecule has 0 radical (unpaired) electrons. The van der Waals surface area contributed by atoms with E-state index in [9.17, 15) is 23.1 Å². The molecule has 0 bridgehead atoms. The number of hydrogen-bond donors (Lipinski definition) is 1. The van der Waals surface area contributed by atoms with Crippen molar-refractivity contribution in [3.8, 4) is 0 Å². The molecule has 2 rings (SSSR count). The molecule has 0 amide bonds. The molecule has 1 aliphatic rings. The van der Waals surface area contributed by atoms with Crippen molar-refractivity contribution in [3.05, 3.63) is 5.82 Å². The van der Waals surface area contributed by atoms with Gasteiger partial charge < -0.3 is 5.11 Å². The number of tetrazole rings is 1. The van der Waals surface area contributed by atoms with Gasteiger partial charge in [-0.15, -0.1) is 5.10 Å². The second-order valence-corrected chi connectivity index (χ2v) is 5.81. The first-order valence-corrected chi connectivity index (χ1v) is 6.77. The lowest BCUT2D eigenvalue weighted by Crippen LogP contribution is -2.39. The number of aromatic nitrogens is 4. The normalized spacial score (nSPS) is 26.8. The first kappa shape index (κ1) is 15.7. The molecule has 0 atom stereocenters. The monoisotopic (exact) mass is 306 g/mol. The number of aliphatic carboxylic acids is 1. The van der Waals surface area contributed by atoms with E-state index in [0.29, 0.717) is 18.8 Å². The van der Waals surface area contributed by atoms with E-state index >= 15 is 0 Å². The number of halogens is 3. The van der Waals surface area contributed by atoms with Crippen LogP contribution < -0.4 is 0 Å². The van der Waals surface area contributed by atoms with Crippen LogP contribution in [0.5, 0.6) is 0 Å². The van der Waals surface area contributed by atoms with Gasteiger partial charge in [0.2, 0.25) is 0 Å². The third-order valence-electron chi connectivity index (χ3n) is 4.10. The minimum absolute atomic E-state index is 0.118. The minimum Gasteiger partial charge on any atom is -0.481 e. The molecule has 0 aromatic carbocycles. The van der Waals surface area contributed by atoms with Gasteiger partial charge >= 0.3 is 12.1 Å². The van der Waals surface area contributed by atoms with Crippen LogP contribution in [0, 0.1) is 11.3 Å². The van der Waals surface area contributed by atoms with E-state index in [1.165, 1.54) is 0 Å². The molecule has 1 heterocycles. The number of carbonyl (C=O) groups is 1. The molecular weight excluding hydrogens is 289 g/mol. The average Bonchev–Trinajstić information content (AvgIpc) is 2.77. The number of rotatable bonds is 4. The standard InChI is InChI=1S/C12H17F3N4O2/c1-8-2-4-11(5-3-8,10(20)21)7-19-9(16-17-18-19)6-12(13,14)15/h8H,2-7H2,1H3,(H,20,21). The molecule has 1 aliphatic carbocycles. The number of hydrogen-bond acceptors (Lipinski definition) is 4. The Bertz CT molecular complexity index is 507. The molecular formula is C12H17F3N4O2. The van der Waals surface area contributed by atoms with Crippen LogP contribution in [-0.4, -0.2) is 37.5 Å². The van der Waals surface area contributed by atoms with E-state index in [2.05, 4.69) is 15.5 Å². The van der Waals surface area contributed by atoms with E-state index in [4.69, 9.17) is 0 Å². The van der Waals surface area contributed by atoms with Gasteiger partial charge in [-0.1, -0.05) is 6.92 Å². The fourth-order valence-corrected chi connectivity index (χ4v) is 2.69. The van der Waals surface area contributed by atoms with Gasteiger partial charge in [0.15, 0.2) is 5.82 Å². The maximum atomic E-state index is 12.5. The van der Waals surface area contributed by atoms with E-state index in [-0.39, 0.29) is 12.4 Å². The van der Waals surface area contributed by atoms with Crippen LogP contribution in [0.1, 0.15) is 38.4 Å². The van der Waals surface area contributed by atoms with Gasteiger partial charge in [-0.25, -0.2) is 4.68 Å². The lowest BCUT2D eigenvalue weighted by atomic mass is 9.71. The molecule has 1 fully saturated rings. The van der Waals surface area contributed by atoms with Gasteiger partial charge in [0.1, 0.15) is 6.42 Å². The van der Waals surface area contributed by atoms with E-state index < -0.39 is 24.0 Å². The van der Waals surface area contributed by atoms with Crippen LogP contribution in [0.3, 0.4) is 0 Å². The summed E-state index contributed by atoms with van der Waals surface area (Å²) in [6.45, 7) is 1.92. The molecule has 1 aromatic heterocycles. The Morgan fingerprint density at radius 2 is 2.05 bits per heavy atom. The van der Waals surface area contributed by atoms with Gasteiger partial charge in [-0.2, -0.15) is 13.2 Å². The summed E-state index contributed by atoms with van der Waals surface area (Å²) in [6, 6.07) is 0. The second-order valence-electron chi connectivity index (χ2n) is 5.81. The Balaban J connectivity index is 2.19. The molecule has 21 heavy (non-hydrogen) atoms. The first-order chi connectivity index (χ1) is 9.72. The van der Waals surface area contributed by atoms with Crippen molar-refractivity contribution >= 4 is 5.97 Å². The predicted octanol–water partition coefficient (Wildman–Crippen LogP) is 2.06. The molecule has 6 nitrogen and oxygen atoms in total. The zero-order chi connectivity index (χ0) is 15.7. The van der Waals surface area contributed by atoms with Crippen LogP contribution >= 0.6 is 0 Å². The van der Waals surface area contributed by atoms with Crippen LogP contribution in [0.25, 0.3) is 0 Å². The quantitative estimate of drug-likeness (QED) is 0.921. The SMILES string of the molecule is CC1CCC(Cn2nnnc2CC(F)(F)F)(C(=O)O)CC1. The Hall–Kier alpha value is -1.67. The number of carboxylic acid groups (broad SMARTS) is 1. The highest BCUT2D eigenvalue weighted by atomic mass is 19.4. The Kier molecular flexibility index (Phi) is 4.20. The Morgan fingerprint density at radius 1 is 1.43 bits per heavy atom. The predicted molar refractivity (Wildman–Crippen MR) is 65.3 cm³/mol. The van der Waals surface area contributed by atoms with Gasteiger partial charge in [-0.05, 0) is 42.0 Å². The summed E-state index contributed by atoms with van der Waals surface area (Å²) in [6.07, 6.45) is -3.36. The molecule has 0 saturated heterocycles. The summed E-state index contributed by atoms with van der Waals surface area (Å²) < 4.78 is 38.4. The van der Waals surface area contributed by atoms with E-state index in [1.807, 2.05) is 6.92 Å². The number of alkyl halides is 3. The van der Waals surface area contributed by atoms with Crippen molar-refractivity contribution in [1.29, 1.82) is 0 Å².